The van der Waals surface area contributed by atoms with Crippen molar-refractivity contribution in [1.82, 2.24) is 9.55 Å². The number of ether oxygens (including phenoxy) is 1. The number of methoxy groups -OCH3 is 1. The van der Waals surface area contributed by atoms with Gasteiger partial charge < -0.3 is 4.74 Å². The molecule has 0 radical (unpaired) electrons. The van der Waals surface area contributed by atoms with Gasteiger partial charge in [0.2, 0.25) is 0 Å². The molecule has 0 bridgehead atoms. The average Bonchev–Trinajstić information content (AvgIpc) is 2.74. The van der Waals surface area contributed by atoms with Gasteiger partial charge in [-0.15, -0.1) is 0 Å². The molecule has 29 heavy (non-hydrogen) atoms. The fourth-order valence-corrected chi connectivity index (χ4v) is 4.18. The van der Waals surface area contributed by atoms with E-state index in [1.54, 1.807) is 23.4 Å². The molecular weight excluding hydrogens is 380 g/mol. The van der Waals surface area contributed by atoms with E-state index in [0.29, 0.717) is 21.8 Å². The van der Waals surface area contributed by atoms with Crippen LogP contribution in [0.2, 0.25) is 0 Å². The molecule has 0 amide bonds. The van der Waals surface area contributed by atoms with Gasteiger partial charge in [0.1, 0.15) is 5.75 Å². The van der Waals surface area contributed by atoms with Gasteiger partial charge in [0, 0.05) is 11.8 Å². The molecule has 0 aliphatic heterocycles. The van der Waals surface area contributed by atoms with Crippen molar-refractivity contribution in [2.24, 2.45) is 0 Å². The number of para-hydroxylation sites is 1. The lowest BCUT2D eigenvalue weighted by atomic mass is 10.1. The number of hydrogen-bond donors (Lipinski definition) is 0. The normalized spacial score (nSPS) is 11.0. The van der Waals surface area contributed by atoms with Crippen LogP contribution in [0.5, 0.6) is 5.75 Å². The summed E-state index contributed by atoms with van der Waals surface area (Å²) in [4.78, 5) is 18.1. The molecular formula is C24H22N2O2S. The number of hydrogen-bond acceptors (Lipinski definition) is 4. The number of benzene rings is 3. The van der Waals surface area contributed by atoms with Crippen molar-refractivity contribution in [3.05, 3.63) is 93.8 Å². The quantitative estimate of drug-likeness (QED) is 0.335. The van der Waals surface area contributed by atoms with Crippen LogP contribution >= 0.6 is 11.8 Å². The molecule has 146 valence electrons. The Bertz CT molecular complexity index is 1250. The number of rotatable bonds is 5. The molecule has 1 heterocycles. The predicted octanol–water partition coefficient (Wildman–Crippen LogP) is 5.30. The van der Waals surface area contributed by atoms with Crippen LogP contribution in [-0.2, 0) is 5.75 Å². The van der Waals surface area contributed by atoms with Crippen LogP contribution in [0.25, 0.3) is 16.6 Å². The van der Waals surface area contributed by atoms with Gasteiger partial charge in [-0.2, -0.15) is 0 Å². The largest absolute Gasteiger partial charge is 0.497 e. The van der Waals surface area contributed by atoms with Gasteiger partial charge in [-0.3, -0.25) is 9.36 Å². The number of nitrogens with zero attached hydrogens (tertiary/aromatic N) is 2. The van der Waals surface area contributed by atoms with Gasteiger partial charge in [0.15, 0.2) is 5.16 Å². The third-order valence-electron chi connectivity index (χ3n) is 5.00. The highest BCUT2D eigenvalue weighted by molar-refractivity contribution is 7.98. The number of aryl methyl sites for hydroxylation is 2. The van der Waals surface area contributed by atoms with E-state index >= 15 is 0 Å². The van der Waals surface area contributed by atoms with E-state index in [1.165, 1.54) is 16.7 Å². The first-order valence-electron chi connectivity index (χ1n) is 9.42. The summed E-state index contributed by atoms with van der Waals surface area (Å²) in [6.07, 6.45) is 0. The SMILES string of the molecule is COc1cccc(-n2c(SCc3ccc(C)c(C)c3)nc3ccccc3c2=O)c1. The van der Waals surface area contributed by atoms with E-state index in [0.717, 1.165) is 11.4 Å². The predicted molar refractivity (Wildman–Crippen MR) is 119 cm³/mol. The highest BCUT2D eigenvalue weighted by Crippen LogP contribution is 2.26. The van der Waals surface area contributed by atoms with Crippen molar-refractivity contribution in [3.63, 3.8) is 0 Å². The molecule has 1 aromatic heterocycles. The Balaban J connectivity index is 1.82. The summed E-state index contributed by atoms with van der Waals surface area (Å²) in [6.45, 7) is 4.22. The molecule has 4 aromatic rings. The Labute approximate surface area is 174 Å². The summed E-state index contributed by atoms with van der Waals surface area (Å²) >= 11 is 1.56. The van der Waals surface area contributed by atoms with Crippen molar-refractivity contribution in [2.45, 2.75) is 24.8 Å². The van der Waals surface area contributed by atoms with Gasteiger partial charge in [-0.25, -0.2) is 4.98 Å². The molecule has 0 unspecified atom stereocenters. The zero-order chi connectivity index (χ0) is 20.4. The lowest BCUT2D eigenvalue weighted by molar-refractivity contribution is 0.414. The third kappa shape index (κ3) is 3.91. The second kappa shape index (κ2) is 8.13. The maximum absolute atomic E-state index is 13.3. The molecule has 0 atom stereocenters. The summed E-state index contributed by atoms with van der Waals surface area (Å²) in [6, 6.07) is 21.4. The first-order valence-corrected chi connectivity index (χ1v) is 10.4. The molecule has 0 saturated carbocycles. The van der Waals surface area contributed by atoms with E-state index in [1.807, 2.05) is 48.5 Å². The van der Waals surface area contributed by atoms with E-state index in [-0.39, 0.29) is 5.56 Å². The van der Waals surface area contributed by atoms with Crippen molar-refractivity contribution >= 4 is 22.7 Å². The van der Waals surface area contributed by atoms with Gasteiger partial charge in [-0.05, 0) is 54.8 Å². The maximum Gasteiger partial charge on any atom is 0.266 e. The summed E-state index contributed by atoms with van der Waals surface area (Å²) in [5, 5.41) is 1.27. The minimum Gasteiger partial charge on any atom is -0.497 e. The van der Waals surface area contributed by atoms with Crippen molar-refractivity contribution in [1.29, 1.82) is 0 Å². The van der Waals surface area contributed by atoms with Gasteiger partial charge >= 0.3 is 0 Å². The summed E-state index contributed by atoms with van der Waals surface area (Å²) in [5.41, 5.74) is 5.12. The highest BCUT2D eigenvalue weighted by atomic mass is 32.2. The topological polar surface area (TPSA) is 44.1 Å². The molecule has 0 aliphatic carbocycles. The van der Waals surface area contributed by atoms with Crippen molar-refractivity contribution in [3.8, 4) is 11.4 Å². The Kier molecular flexibility index (Phi) is 5.41. The van der Waals surface area contributed by atoms with E-state index in [9.17, 15) is 4.79 Å². The van der Waals surface area contributed by atoms with Crippen LogP contribution in [-0.4, -0.2) is 16.7 Å². The minimum absolute atomic E-state index is 0.0774. The second-order valence-electron chi connectivity index (χ2n) is 6.96. The fraction of sp³-hybridized carbons (Fsp3) is 0.167. The number of fused-ring (bicyclic) bond motifs is 1. The Morgan fingerprint density at radius 3 is 2.59 bits per heavy atom. The lowest BCUT2D eigenvalue weighted by Gasteiger charge is -2.14. The first kappa shape index (κ1) is 19.3. The molecule has 0 N–H and O–H groups in total. The number of thioether (sulfide) groups is 1. The van der Waals surface area contributed by atoms with Crippen LogP contribution in [0.1, 0.15) is 16.7 Å². The molecule has 0 spiro atoms. The van der Waals surface area contributed by atoms with E-state index < -0.39 is 0 Å². The molecule has 5 heteroatoms. The maximum atomic E-state index is 13.3. The van der Waals surface area contributed by atoms with Crippen LogP contribution in [0.15, 0.2) is 76.7 Å². The fourth-order valence-electron chi connectivity index (χ4n) is 3.23. The third-order valence-corrected chi connectivity index (χ3v) is 6.01. The molecule has 3 aromatic carbocycles. The zero-order valence-electron chi connectivity index (χ0n) is 16.7. The van der Waals surface area contributed by atoms with Crippen LogP contribution in [0.3, 0.4) is 0 Å². The summed E-state index contributed by atoms with van der Waals surface area (Å²) in [5.74, 6) is 1.43. The molecule has 0 fully saturated rings. The zero-order valence-corrected chi connectivity index (χ0v) is 17.5. The average molecular weight is 403 g/mol. The Morgan fingerprint density at radius 2 is 1.79 bits per heavy atom. The number of aromatic nitrogens is 2. The van der Waals surface area contributed by atoms with E-state index in [2.05, 4.69) is 32.0 Å². The van der Waals surface area contributed by atoms with E-state index in [4.69, 9.17) is 9.72 Å². The van der Waals surface area contributed by atoms with Crippen LogP contribution in [0.4, 0.5) is 0 Å². The highest BCUT2D eigenvalue weighted by Gasteiger charge is 2.14. The van der Waals surface area contributed by atoms with Gasteiger partial charge in [-0.1, -0.05) is 48.2 Å². The Morgan fingerprint density at radius 1 is 0.966 bits per heavy atom. The summed E-state index contributed by atoms with van der Waals surface area (Å²) in [7, 11) is 1.62. The molecule has 4 rings (SSSR count). The lowest BCUT2D eigenvalue weighted by Crippen LogP contribution is -2.21. The molecule has 4 nitrogen and oxygen atoms in total. The van der Waals surface area contributed by atoms with Crippen molar-refractivity contribution in [2.75, 3.05) is 7.11 Å². The van der Waals surface area contributed by atoms with Crippen LogP contribution in [0, 0.1) is 13.8 Å². The summed E-state index contributed by atoms with van der Waals surface area (Å²) < 4.78 is 7.03. The molecule has 0 aliphatic rings. The van der Waals surface area contributed by atoms with Crippen molar-refractivity contribution < 1.29 is 4.74 Å². The first-order chi connectivity index (χ1) is 14.1. The standard InChI is InChI=1S/C24H22N2O2S/c1-16-11-12-18(13-17(16)2)15-29-24-25-22-10-5-4-9-21(22)23(27)26(24)19-7-6-8-20(14-19)28-3/h4-14H,15H2,1-3H3. The Hall–Kier alpha value is -3.05. The van der Waals surface area contributed by atoms with Gasteiger partial charge in [0.05, 0.1) is 23.7 Å². The second-order valence-corrected chi connectivity index (χ2v) is 7.90. The minimum atomic E-state index is -0.0774. The van der Waals surface area contributed by atoms with Crippen LogP contribution < -0.4 is 10.3 Å². The molecule has 0 saturated heterocycles. The monoisotopic (exact) mass is 402 g/mol. The smallest absolute Gasteiger partial charge is 0.266 e. The van der Waals surface area contributed by atoms with Gasteiger partial charge in [0.25, 0.3) is 5.56 Å².